The number of hydrogen-bond acceptors (Lipinski definition) is 5. The summed E-state index contributed by atoms with van der Waals surface area (Å²) in [5, 5.41) is 9.75. The summed E-state index contributed by atoms with van der Waals surface area (Å²) < 4.78 is 5.32. The van der Waals surface area contributed by atoms with Gasteiger partial charge in [-0.25, -0.2) is 9.79 Å². The largest absolute Gasteiger partial charge is 0.497 e. The molecule has 3 aromatic rings. The van der Waals surface area contributed by atoms with Crippen LogP contribution in [0, 0.1) is 0 Å². The number of rotatable bonds is 5. The summed E-state index contributed by atoms with van der Waals surface area (Å²) in [7, 11) is 1.60. The van der Waals surface area contributed by atoms with E-state index in [1.54, 1.807) is 24.1 Å². The van der Waals surface area contributed by atoms with Crippen molar-refractivity contribution >= 4 is 45.8 Å². The minimum absolute atomic E-state index is 0.135. The monoisotopic (exact) mass is 444 g/mol. The van der Waals surface area contributed by atoms with E-state index in [0.29, 0.717) is 27.2 Å². The second-order valence-corrected chi connectivity index (χ2v) is 7.99. The Morgan fingerprint density at radius 2 is 1.69 bits per heavy atom. The first-order valence-corrected chi connectivity index (χ1v) is 10.6. The van der Waals surface area contributed by atoms with Gasteiger partial charge in [0.2, 0.25) is 0 Å². The molecule has 0 radical (unpaired) electrons. The average molecular weight is 445 g/mol. The minimum Gasteiger partial charge on any atom is -0.497 e. The zero-order valence-electron chi connectivity index (χ0n) is 17.5. The van der Waals surface area contributed by atoms with Crippen LogP contribution in [-0.2, 0) is 4.79 Å². The van der Waals surface area contributed by atoms with E-state index < -0.39 is 5.97 Å². The number of para-hydroxylation sites is 1. The number of allylic oxidation sites excluding steroid dienone is 1. The Morgan fingerprint density at radius 3 is 2.41 bits per heavy atom. The first kappa shape index (κ1) is 21.4. The van der Waals surface area contributed by atoms with Gasteiger partial charge in [-0.15, -0.1) is 0 Å². The number of hydrogen-bond donors (Lipinski definition) is 1. The molecule has 160 valence electrons. The highest BCUT2D eigenvalue weighted by Crippen LogP contribution is 2.40. The molecule has 0 saturated carbocycles. The number of benzene rings is 3. The molecule has 1 amide bonds. The van der Waals surface area contributed by atoms with Crippen LogP contribution in [0.25, 0.3) is 5.57 Å². The molecule has 32 heavy (non-hydrogen) atoms. The number of carbonyl (C=O) groups excluding carboxylic acids is 1. The molecule has 0 aliphatic carbocycles. The van der Waals surface area contributed by atoms with Crippen LogP contribution >= 0.6 is 11.8 Å². The number of aromatic carboxylic acids is 1. The van der Waals surface area contributed by atoms with Crippen molar-refractivity contribution in [1.29, 1.82) is 0 Å². The van der Waals surface area contributed by atoms with E-state index >= 15 is 0 Å². The van der Waals surface area contributed by atoms with E-state index in [9.17, 15) is 14.7 Å². The normalized spacial score (nSPS) is 16.4. The highest BCUT2D eigenvalue weighted by atomic mass is 32.2. The van der Waals surface area contributed by atoms with Gasteiger partial charge in [-0.05, 0) is 72.3 Å². The van der Waals surface area contributed by atoms with Crippen molar-refractivity contribution in [3.05, 3.63) is 94.9 Å². The lowest BCUT2D eigenvalue weighted by molar-refractivity contribution is -0.113. The zero-order chi connectivity index (χ0) is 22.7. The van der Waals surface area contributed by atoms with E-state index in [4.69, 9.17) is 4.74 Å². The maximum atomic E-state index is 13.5. The van der Waals surface area contributed by atoms with Crippen molar-refractivity contribution in [3.63, 3.8) is 0 Å². The molecule has 1 heterocycles. The van der Waals surface area contributed by atoms with E-state index in [1.165, 1.54) is 23.9 Å². The third-order valence-corrected chi connectivity index (χ3v) is 6.10. The summed E-state index contributed by atoms with van der Waals surface area (Å²) in [6.45, 7) is 1.90. The predicted molar refractivity (Wildman–Crippen MR) is 128 cm³/mol. The number of thioether (sulfide) groups is 1. The Morgan fingerprint density at radius 1 is 0.969 bits per heavy atom. The minimum atomic E-state index is -1.03. The van der Waals surface area contributed by atoms with Crippen LogP contribution in [-0.4, -0.2) is 29.3 Å². The van der Waals surface area contributed by atoms with Gasteiger partial charge in [0.25, 0.3) is 5.91 Å². The second-order valence-electron chi connectivity index (χ2n) is 7.01. The number of carboxylic acid groups (broad SMARTS) is 1. The number of amidine groups is 1. The maximum absolute atomic E-state index is 13.5. The van der Waals surface area contributed by atoms with Crippen LogP contribution in [0.5, 0.6) is 5.75 Å². The number of aliphatic imine (C=N–C) groups is 1. The van der Waals surface area contributed by atoms with E-state index in [0.717, 1.165) is 11.1 Å². The summed E-state index contributed by atoms with van der Waals surface area (Å²) in [5.74, 6) is -0.511. The fourth-order valence-corrected chi connectivity index (χ4v) is 4.35. The average Bonchev–Trinajstić information content (AvgIpc) is 3.14. The van der Waals surface area contributed by atoms with Gasteiger partial charge in [-0.1, -0.05) is 36.4 Å². The number of methoxy groups -OCH3 is 1. The highest BCUT2D eigenvalue weighted by molar-refractivity contribution is 8.19. The van der Waals surface area contributed by atoms with Crippen molar-refractivity contribution in [3.8, 4) is 5.75 Å². The quantitative estimate of drug-likeness (QED) is 0.519. The Balaban J connectivity index is 1.82. The Hall–Kier alpha value is -3.84. The van der Waals surface area contributed by atoms with Gasteiger partial charge in [0.15, 0.2) is 5.17 Å². The molecule has 3 aromatic carbocycles. The molecule has 1 aliphatic rings. The summed E-state index contributed by atoms with van der Waals surface area (Å²) in [6.07, 6.45) is 0. The van der Waals surface area contributed by atoms with E-state index in [-0.39, 0.29) is 11.5 Å². The summed E-state index contributed by atoms with van der Waals surface area (Å²) >= 11 is 1.26. The Kier molecular flexibility index (Phi) is 6.09. The number of carboxylic acids is 1. The van der Waals surface area contributed by atoms with Crippen molar-refractivity contribution in [2.75, 3.05) is 12.0 Å². The van der Waals surface area contributed by atoms with Crippen LogP contribution in [0.1, 0.15) is 22.8 Å². The summed E-state index contributed by atoms with van der Waals surface area (Å²) in [4.78, 5) is 31.6. The smallest absolute Gasteiger partial charge is 0.335 e. The van der Waals surface area contributed by atoms with Crippen molar-refractivity contribution in [2.45, 2.75) is 6.92 Å². The van der Waals surface area contributed by atoms with E-state index in [1.807, 2.05) is 61.5 Å². The van der Waals surface area contributed by atoms with Crippen molar-refractivity contribution in [1.82, 2.24) is 0 Å². The van der Waals surface area contributed by atoms with Gasteiger partial charge in [0, 0.05) is 0 Å². The van der Waals surface area contributed by atoms with E-state index in [2.05, 4.69) is 4.99 Å². The number of anilines is 1. The topological polar surface area (TPSA) is 79.2 Å². The summed E-state index contributed by atoms with van der Waals surface area (Å²) in [5.41, 5.74) is 2.97. The fraction of sp³-hybridized carbons (Fsp3) is 0.0800. The lowest BCUT2D eigenvalue weighted by atomic mass is 10.1. The third kappa shape index (κ3) is 4.29. The number of nitrogens with zero attached hydrogens (tertiary/aromatic N) is 2. The molecule has 0 atom stereocenters. The molecule has 0 unspecified atom stereocenters. The van der Waals surface area contributed by atoms with Crippen molar-refractivity contribution < 1.29 is 19.4 Å². The molecule has 0 aromatic heterocycles. The van der Waals surface area contributed by atoms with Gasteiger partial charge in [-0.2, -0.15) is 0 Å². The molecule has 1 saturated heterocycles. The lowest BCUT2D eigenvalue weighted by Crippen LogP contribution is -2.28. The molecule has 6 nitrogen and oxygen atoms in total. The zero-order valence-corrected chi connectivity index (χ0v) is 18.3. The molecule has 0 spiro atoms. The second kappa shape index (κ2) is 9.11. The van der Waals surface area contributed by atoms with Gasteiger partial charge in [0.05, 0.1) is 29.0 Å². The molecule has 1 aliphatic heterocycles. The standard InChI is InChI=1S/C25H20N2O4S/c1-16(17-8-7-13-21(15-17)31-2)22-23(28)27(20-11-4-3-5-12-20)25(32-22)26-19-10-6-9-18(14-19)24(29)30/h3-15H,1-2H3,(H,29,30)/b22-16-,26-25?. The maximum Gasteiger partial charge on any atom is 0.335 e. The van der Waals surface area contributed by atoms with Crippen molar-refractivity contribution in [2.24, 2.45) is 4.99 Å². The lowest BCUT2D eigenvalue weighted by Gasteiger charge is -2.15. The summed E-state index contributed by atoms with van der Waals surface area (Å²) in [6, 6.07) is 23.1. The number of amides is 1. The Labute approximate surface area is 189 Å². The highest BCUT2D eigenvalue weighted by Gasteiger charge is 2.36. The molecular weight excluding hydrogens is 424 g/mol. The van der Waals surface area contributed by atoms with Crippen LogP contribution in [0.3, 0.4) is 0 Å². The third-order valence-electron chi connectivity index (χ3n) is 4.96. The number of carbonyl (C=O) groups is 2. The molecule has 1 fully saturated rings. The van der Waals surface area contributed by atoms with Crippen LogP contribution in [0.4, 0.5) is 11.4 Å². The molecule has 1 N–H and O–H groups in total. The Bertz CT molecular complexity index is 1250. The molecule has 7 heteroatoms. The molecule has 4 rings (SSSR count). The van der Waals surface area contributed by atoms with Gasteiger partial charge < -0.3 is 9.84 Å². The van der Waals surface area contributed by atoms with Crippen LogP contribution in [0.15, 0.2) is 88.8 Å². The molecular formula is C25H20N2O4S. The first-order chi connectivity index (χ1) is 15.5. The first-order valence-electron chi connectivity index (χ1n) is 9.82. The SMILES string of the molecule is COc1cccc(/C(C)=C2\SC(=Nc3cccc(C(=O)O)c3)N(c3ccccc3)C2=O)c1. The fourth-order valence-electron chi connectivity index (χ4n) is 3.29. The van der Waals surface area contributed by atoms with Gasteiger partial charge in [-0.3, -0.25) is 9.69 Å². The van der Waals surface area contributed by atoms with Gasteiger partial charge in [0.1, 0.15) is 5.75 Å². The predicted octanol–water partition coefficient (Wildman–Crippen LogP) is 5.59. The van der Waals surface area contributed by atoms with Crippen LogP contribution < -0.4 is 9.64 Å². The van der Waals surface area contributed by atoms with Crippen LogP contribution in [0.2, 0.25) is 0 Å². The number of ether oxygens (including phenoxy) is 1. The van der Waals surface area contributed by atoms with Gasteiger partial charge >= 0.3 is 5.97 Å². The molecule has 0 bridgehead atoms.